The molecule has 28 heavy (non-hydrogen) atoms. The molecule has 0 unspecified atom stereocenters. The lowest BCUT2D eigenvalue weighted by Gasteiger charge is -2.09. The second-order valence-corrected chi connectivity index (χ2v) is 7.36. The van der Waals surface area contributed by atoms with Crippen molar-refractivity contribution < 1.29 is 27.5 Å². The van der Waals surface area contributed by atoms with E-state index >= 15 is 0 Å². The number of esters is 1. The Morgan fingerprint density at radius 2 is 1.96 bits per heavy atom. The van der Waals surface area contributed by atoms with E-state index in [1.54, 1.807) is 6.92 Å². The van der Waals surface area contributed by atoms with Crippen molar-refractivity contribution >= 4 is 45.5 Å². The quantitative estimate of drug-likeness (QED) is 0.629. The number of nitrogens with zero attached hydrogens (tertiary/aromatic N) is 3. The van der Waals surface area contributed by atoms with Gasteiger partial charge in [0.05, 0.1) is 12.7 Å². The smallest absolute Gasteiger partial charge is 0.433 e. The normalized spacial score (nSPS) is 11.7. The Labute approximate surface area is 165 Å². The number of hydrogen-bond donors (Lipinski definition) is 1. The number of anilines is 1. The van der Waals surface area contributed by atoms with Crippen LogP contribution in [0.5, 0.6) is 0 Å². The average Bonchev–Trinajstić information content (AvgIpc) is 3.13. The number of rotatable bonds is 3. The van der Waals surface area contributed by atoms with Crippen LogP contribution in [0.4, 0.5) is 18.2 Å². The zero-order valence-corrected chi connectivity index (χ0v) is 16.2. The van der Waals surface area contributed by atoms with Crippen LogP contribution in [0, 0.1) is 13.8 Å². The lowest BCUT2D eigenvalue weighted by Crippen LogP contribution is -2.16. The van der Waals surface area contributed by atoms with E-state index in [1.165, 1.54) is 20.1 Å². The number of fused-ring (bicyclic) bond motifs is 1. The Morgan fingerprint density at radius 3 is 2.57 bits per heavy atom. The van der Waals surface area contributed by atoms with E-state index < -0.39 is 29.4 Å². The van der Waals surface area contributed by atoms with E-state index in [4.69, 9.17) is 11.6 Å². The van der Waals surface area contributed by atoms with Crippen molar-refractivity contribution in [1.82, 2.24) is 14.6 Å². The standard InChI is InChI=1S/C16H12ClF3N4O3S/c1-6-4-9(16(18,19)20)24-12(21-6)10(17)11(23-24)13(25)22-14-8(15(26)27-3)5-7(2)28-14/h4-5H,1-3H3,(H,22,25). The second kappa shape index (κ2) is 7.06. The molecule has 0 radical (unpaired) electrons. The molecular formula is C16H12ClF3N4O3S. The molecule has 148 valence electrons. The number of nitrogens with one attached hydrogen (secondary N) is 1. The molecule has 0 aliphatic rings. The fourth-order valence-electron chi connectivity index (χ4n) is 2.49. The molecule has 3 heterocycles. The van der Waals surface area contributed by atoms with Crippen LogP contribution in [0.1, 0.15) is 37.1 Å². The van der Waals surface area contributed by atoms with Crippen LogP contribution in [0.2, 0.25) is 5.02 Å². The highest BCUT2D eigenvalue weighted by Crippen LogP contribution is 2.33. The number of alkyl halides is 3. The fraction of sp³-hybridized carbons (Fsp3) is 0.250. The predicted molar refractivity (Wildman–Crippen MR) is 96.1 cm³/mol. The minimum Gasteiger partial charge on any atom is -0.465 e. The van der Waals surface area contributed by atoms with E-state index in [-0.39, 0.29) is 26.9 Å². The molecule has 3 aromatic heterocycles. The van der Waals surface area contributed by atoms with Crippen molar-refractivity contribution in [3.63, 3.8) is 0 Å². The van der Waals surface area contributed by atoms with Gasteiger partial charge >= 0.3 is 12.1 Å². The van der Waals surface area contributed by atoms with Crippen LogP contribution in [-0.2, 0) is 10.9 Å². The van der Waals surface area contributed by atoms with Crippen molar-refractivity contribution in [1.29, 1.82) is 0 Å². The average molecular weight is 433 g/mol. The molecule has 7 nitrogen and oxygen atoms in total. The molecule has 12 heteroatoms. The molecule has 0 atom stereocenters. The van der Waals surface area contributed by atoms with Gasteiger partial charge in [-0.1, -0.05) is 11.6 Å². The maximum atomic E-state index is 13.3. The third-order valence-electron chi connectivity index (χ3n) is 3.65. The molecule has 0 bridgehead atoms. The first-order valence-electron chi connectivity index (χ1n) is 7.66. The van der Waals surface area contributed by atoms with Gasteiger partial charge in [-0.3, -0.25) is 4.79 Å². The van der Waals surface area contributed by atoms with Crippen LogP contribution in [0.15, 0.2) is 12.1 Å². The number of carbonyl (C=O) groups excluding carboxylic acids is 2. The zero-order chi connectivity index (χ0) is 20.8. The van der Waals surface area contributed by atoms with Crippen LogP contribution in [0.3, 0.4) is 0 Å². The van der Waals surface area contributed by atoms with Crippen LogP contribution < -0.4 is 5.32 Å². The molecule has 0 aromatic carbocycles. The van der Waals surface area contributed by atoms with Crippen molar-refractivity contribution in [3.8, 4) is 0 Å². The Balaban J connectivity index is 2.07. The van der Waals surface area contributed by atoms with Crippen LogP contribution in [0.25, 0.3) is 5.65 Å². The SMILES string of the molecule is COC(=O)c1cc(C)sc1NC(=O)c1nn2c(C(F)(F)F)cc(C)nc2c1Cl. The molecule has 0 spiro atoms. The van der Waals surface area contributed by atoms with Gasteiger partial charge in [-0.05, 0) is 26.0 Å². The van der Waals surface area contributed by atoms with E-state index in [2.05, 4.69) is 20.1 Å². The summed E-state index contributed by atoms with van der Waals surface area (Å²) in [5.74, 6) is -1.55. The molecule has 0 saturated heterocycles. The molecule has 0 aliphatic heterocycles. The maximum absolute atomic E-state index is 13.3. The first kappa shape index (κ1) is 20.1. The second-order valence-electron chi connectivity index (χ2n) is 5.72. The minimum absolute atomic E-state index is 0.0652. The van der Waals surface area contributed by atoms with E-state index in [0.717, 1.165) is 17.4 Å². The summed E-state index contributed by atoms with van der Waals surface area (Å²) in [6.45, 7) is 3.09. The summed E-state index contributed by atoms with van der Waals surface area (Å²) in [5, 5.41) is 5.98. The van der Waals surface area contributed by atoms with Crippen molar-refractivity contribution in [3.05, 3.63) is 44.7 Å². The van der Waals surface area contributed by atoms with Gasteiger partial charge in [-0.25, -0.2) is 14.3 Å². The van der Waals surface area contributed by atoms with E-state index in [1.807, 2.05) is 0 Å². The Morgan fingerprint density at radius 1 is 1.29 bits per heavy atom. The van der Waals surface area contributed by atoms with Crippen LogP contribution >= 0.6 is 22.9 Å². The number of thiophene rings is 1. The zero-order valence-electron chi connectivity index (χ0n) is 14.6. The van der Waals surface area contributed by atoms with Gasteiger partial charge in [-0.2, -0.15) is 18.3 Å². The van der Waals surface area contributed by atoms with Gasteiger partial charge in [0.2, 0.25) is 0 Å². The number of aromatic nitrogens is 3. The third kappa shape index (κ3) is 3.54. The number of carbonyl (C=O) groups is 2. The highest BCUT2D eigenvalue weighted by molar-refractivity contribution is 7.16. The lowest BCUT2D eigenvalue weighted by molar-refractivity contribution is -0.142. The van der Waals surface area contributed by atoms with Gasteiger partial charge in [-0.15, -0.1) is 11.3 Å². The van der Waals surface area contributed by atoms with Gasteiger partial charge in [0.1, 0.15) is 15.7 Å². The molecule has 0 saturated carbocycles. The van der Waals surface area contributed by atoms with Gasteiger partial charge < -0.3 is 10.1 Å². The first-order chi connectivity index (χ1) is 13.0. The van der Waals surface area contributed by atoms with Crippen molar-refractivity contribution in [2.45, 2.75) is 20.0 Å². The minimum atomic E-state index is -4.72. The number of halogens is 4. The summed E-state index contributed by atoms with van der Waals surface area (Å²) in [4.78, 5) is 29.1. The molecule has 1 amide bonds. The van der Waals surface area contributed by atoms with Crippen molar-refractivity contribution in [2.75, 3.05) is 12.4 Å². The molecule has 3 aromatic rings. The lowest BCUT2D eigenvalue weighted by atomic mass is 10.3. The summed E-state index contributed by atoms with van der Waals surface area (Å²) >= 11 is 7.18. The molecule has 1 N–H and O–H groups in total. The third-order valence-corrected chi connectivity index (χ3v) is 4.97. The number of ether oxygens (including phenoxy) is 1. The largest absolute Gasteiger partial charge is 0.465 e. The highest BCUT2D eigenvalue weighted by Gasteiger charge is 2.36. The molecule has 3 rings (SSSR count). The number of aryl methyl sites for hydroxylation is 2. The summed E-state index contributed by atoms with van der Waals surface area (Å²) in [5.41, 5.74) is -1.68. The summed E-state index contributed by atoms with van der Waals surface area (Å²) in [6.07, 6.45) is -4.72. The van der Waals surface area contributed by atoms with E-state index in [9.17, 15) is 22.8 Å². The van der Waals surface area contributed by atoms with Gasteiger partial charge in [0, 0.05) is 10.6 Å². The predicted octanol–water partition coefficient (Wildman–Crippen LogP) is 4.12. The highest BCUT2D eigenvalue weighted by atomic mass is 35.5. The summed E-state index contributed by atoms with van der Waals surface area (Å²) in [7, 11) is 1.19. The maximum Gasteiger partial charge on any atom is 0.433 e. The summed E-state index contributed by atoms with van der Waals surface area (Å²) in [6, 6.07) is 2.32. The Hall–Kier alpha value is -2.66. The monoisotopic (exact) mass is 432 g/mol. The molecule has 0 aliphatic carbocycles. The summed E-state index contributed by atoms with van der Waals surface area (Å²) < 4.78 is 45.0. The number of methoxy groups -OCH3 is 1. The Bertz CT molecular complexity index is 1110. The first-order valence-corrected chi connectivity index (χ1v) is 8.85. The fourth-order valence-corrected chi connectivity index (χ4v) is 3.63. The molecular weight excluding hydrogens is 421 g/mol. The van der Waals surface area contributed by atoms with Crippen molar-refractivity contribution in [2.24, 2.45) is 0 Å². The topological polar surface area (TPSA) is 85.6 Å². The van der Waals surface area contributed by atoms with Gasteiger partial charge in [0.25, 0.3) is 5.91 Å². The number of amides is 1. The van der Waals surface area contributed by atoms with E-state index in [0.29, 0.717) is 9.39 Å². The Kier molecular flexibility index (Phi) is 5.06. The van der Waals surface area contributed by atoms with Gasteiger partial charge in [0.15, 0.2) is 11.3 Å². The number of hydrogen-bond acceptors (Lipinski definition) is 6. The van der Waals surface area contributed by atoms with Crippen LogP contribution in [-0.4, -0.2) is 33.6 Å². The molecule has 0 fully saturated rings.